The van der Waals surface area contributed by atoms with Gasteiger partial charge >= 0.3 is 6.18 Å². The number of furan rings is 1. The Balaban J connectivity index is 2.03. The van der Waals surface area contributed by atoms with Crippen molar-refractivity contribution in [2.75, 3.05) is 0 Å². The van der Waals surface area contributed by atoms with Crippen LogP contribution in [0.2, 0.25) is 5.02 Å². The number of aldehydes is 1. The lowest BCUT2D eigenvalue weighted by atomic mass is 10.1. The van der Waals surface area contributed by atoms with Crippen LogP contribution in [0.15, 0.2) is 40.8 Å². The highest BCUT2D eigenvalue weighted by Gasteiger charge is 2.33. The van der Waals surface area contributed by atoms with E-state index >= 15 is 0 Å². The van der Waals surface area contributed by atoms with E-state index in [9.17, 15) is 31.1 Å². The third-order valence-corrected chi connectivity index (χ3v) is 3.86. The van der Waals surface area contributed by atoms with Crippen molar-refractivity contribution >= 4 is 17.9 Å². The van der Waals surface area contributed by atoms with Crippen LogP contribution in [0.4, 0.5) is 26.3 Å². The first-order valence-corrected chi connectivity index (χ1v) is 7.76. The maximum Gasteiger partial charge on any atom is 0.416 e. The van der Waals surface area contributed by atoms with Gasteiger partial charge in [-0.05, 0) is 36.4 Å². The van der Waals surface area contributed by atoms with Crippen LogP contribution in [0.25, 0.3) is 11.3 Å². The number of ether oxygens (including phenoxy) is 1. The average molecular weight is 421 g/mol. The summed E-state index contributed by atoms with van der Waals surface area (Å²) in [6.45, 7) is 0. The lowest BCUT2D eigenvalue weighted by molar-refractivity contribution is -0.138. The van der Waals surface area contributed by atoms with E-state index in [4.69, 9.17) is 20.8 Å². The number of benzene rings is 2. The molecule has 0 saturated carbocycles. The van der Waals surface area contributed by atoms with E-state index in [1.165, 1.54) is 12.1 Å². The fourth-order valence-electron chi connectivity index (χ4n) is 2.29. The van der Waals surface area contributed by atoms with Gasteiger partial charge in [0.2, 0.25) is 0 Å². The minimum absolute atomic E-state index is 0.0552. The minimum atomic E-state index is -4.96. The second-order valence-electron chi connectivity index (χ2n) is 5.45. The van der Waals surface area contributed by atoms with Crippen LogP contribution in [0.3, 0.4) is 0 Å². The van der Waals surface area contributed by atoms with Gasteiger partial charge in [-0.25, -0.2) is 13.2 Å². The Labute approximate surface area is 158 Å². The van der Waals surface area contributed by atoms with E-state index < -0.39 is 45.7 Å². The molecule has 0 bridgehead atoms. The zero-order valence-corrected chi connectivity index (χ0v) is 14.2. The van der Waals surface area contributed by atoms with Gasteiger partial charge in [0.25, 0.3) is 0 Å². The zero-order chi connectivity index (χ0) is 20.6. The van der Waals surface area contributed by atoms with Gasteiger partial charge in [-0.2, -0.15) is 13.2 Å². The summed E-state index contributed by atoms with van der Waals surface area (Å²) in [6.07, 6.45) is -4.59. The van der Waals surface area contributed by atoms with Gasteiger partial charge in [-0.3, -0.25) is 4.79 Å². The molecule has 0 radical (unpaired) electrons. The normalized spacial score (nSPS) is 11.5. The summed E-state index contributed by atoms with van der Waals surface area (Å²) >= 11 is 5.80. The Bertz CT molecular complexity index is 1030. The third-order valence-electron chi connectivity index (χ3n) is 3.57. The molecule has 3 nitrogen and oxygen atoms in total. The maximum absolute atomic E-state index is 14.1. The molecule has 0 spiro atoms. The zero-order valence-electron chi connectivity index (χ0n) is 13.4. The summed E-state index contributed by atoms with van der Waals surface area (Å²) in [7, 11) is 0. The van der Waals surface area contributed by atoms with Gasteiger partial charge in [0.15, 0.2) is 29.4 Å². The molecule has 0 atom stereocenters. The molecule has 28 heavy (non-hydrogen) atoms. The quantitative estimate of drug-likeness (QED) is 0.351. The molecule has 1 aromatic heterocycles. The van der Waals surface area contributed by atoms with Crippen LogP contribution >= 0.6 is 11.6 Å². The van der Waals surface area contributed by atoms with Gasteiger partial charge in [-0.15, -0.1) is 0 Å². The predicted octanol–water partition coefficient (Wildman–Crippen LogP) is 6.64. The number of alkyl halides is 3. The second kappa shape index (κ2) is 7.23. The molecule has 10 heteroatoms. The van der Waals surface area contributed by atoms with Crippen LogP contribution in [0.1, 0.15) is 16.1 Å². The van der Waals surface area contributed by atoms with E-state index in [1.807, 2.05) is 0 Å². The minimum Gasteiger partial charge on any atom is -0.453 e. The van der Waals surface area contributed by atoms with Crippen LogP contribution < -0.4 is 4.74 Å². The molecule has 0 aliphatic carbocycles. The summed E-state index contributed by atoms with van der Waals surface area (Å²) in [5.41, 5.74) is -1.79. The van der Waals surface area contributed by atoms with Crippen molar-refractivity contribution in [1.29, 1.82) is 0 Å². The highest BCUT2D eigenvalue weighted by molar-refractivity contribution is 6.32. The summed E-state index contributed by atoms with van der Waals surface area (Å²) in [5.74, 6) is -5.95. The van der Waals surface area contributed by atoms with Crippen molar-refractivity contribution in [3.05, 3.63) is 70.2 Å². The van der Waals surface area contributed by atoms with Gasteiger partial charge in [0.05, 0.1) is 16.1 Å². The smallest absolute Gasteiger partial charge is 0.416 e. The van der Waals surface area contributed by atoms with Crippen molar-refractivity contribution in [3.8, 4) is 22.8 Å². The fraction of sp³-hybridized carbons (Fsp3) is 0.0556. The first-order chi connectivity index (χ1) is 13.1. The molecule has 0 amide bonds. The summed E-state index contributed by atoms with van der Waals surface area (Å²) in [6, 6.07) is 4.32. The number of carbonyl (C=O) groups excluding carboxylic acids is 1. The number of hydrogen-bond donors (Lipinski definition) is 0. The topological polar surface area (TPSA) is 39.4 Å². The van der Waals surface area contributed by atoms with Gasteiger partial charge in [0.1, 0.15) is 17.3 Å². The second-order valence-corrected chi connectivity index (χ2v) is 5.86. The van der Waals surface area contributed by atoms with Gasteiger partial charge in [0, 0.05) is 0 Å². The van der Waals surface area contributed by atoms with E-state index in [2.05, 4.69) is 0 Å². The first kappa shape index (κ1) is 19.8. The molecule has 0 unspecified atom stereocenters. The van der Waals surface area contributed by atoms with Crippen molar-refractivity contribution < 1.29 is 40.3 Å². The van der Waals surface area contributed by atoms with Gasteiger partial charge in [-0.1, -0.05) is 11.6 Å². The van der Waals surface area contributed by atoms with E-state index in [0.29, 0.717) is 6.29 Å². The number of carbonyl (C=O) groups is 1. The molecule has 1 heterocycles. The maximum atomic E-state index is 14.1. The molecule has 146 valence electrons. The van der Waals surface area contributed by atoms with Crippen molar-refractivity contribution in [2.45, 2.75) is 6.18 Å². The Morgan fingerprint density at radius 1 is 0.964 bits per heavy atom. The third kappa shape index (κ3) is 3.84. The van der Waals surface area contributed by atoms with Crippen LogP contribution in [-0.4, -0.2) is 6.29 Å². The molecular weight excluding hydrogens is 414 g/mol. The van der Waals surface area contributed by atoms with Crippen molar-refractivity contribution in [2.24, 2.45) is 0 Å². The lowest BCUT2D eigenvalue weighted by Gasteiger charge is -2.13. The van der Waals surface area contributed by atoms with Crippen LogP contribution in [0.5, 0.6) is 11.5 Å². The average Bonchev–Trinajstić information content (AvgIpc) is 3.07. The summed E-state index contributed by atoms with van der Waals surface area (Å²) < 4.78 is 90.0. The Kier molecular flexibility index (Phi) is 5.12. The Hall–Kier alpha value is -2.94. The standard InChI is InChI=1S/C18H7ClF6O3/c19-11-6-12(20)10(15-2-1-9(7-26)27-15)5-16(11)28-17-13(21)3-8(4-14(17)22)18(23,24)25/h1-7H. The Morgan fingerprint density at radius 2 is 1.61 bits per heavy atom. The van der Waals surface area contributed by atoms with Gasteiger partial charge < -0.3 is 9.15 Å². The molecule has 0 aliphatic heterocycles. The molecule has 3 rings (SSSR count). The molecular formula is C18H7ClF6O3. The SMILES string of the molecule is O=Cc1ccc(-c2cc(Oc3c(F)cc(C(F)(F)F)cc3F)c(Cl)cc2F)o1. The summed E-state index contributed by atoms with van der Waals surface area (Å²) in [4.78, 5) is 10.7. The lowest BCUT2D eigenvalue weighted by Crippen LogP contribution is -2.07. The molecule has 0 saturated heterocycles. The number of halogens is 7. The largest absolute Gasteiger partial charge is 0.453 e. The number of rotatable bonds is 4. The van der Waals surface area contributed by atoms with Crippen molar-refractivity contribution in [1.82, 2.24) is 0 Å². The first-order valence-electron chi connectivity index (χ1n) is 7.38. The molecule has 0 fully saturated rings. The van der Waals surface area contributed by atoms with E-state index in [1.54, 1.807) is 0 Å². The molecule has 3 aromatic rings. The highest BCUT2D eigenvalue weighted by atomic mass is 35.5. The van der Waals surface area contributed by atoms with E-state index in [0.717, 1.165) is 12.1 Å². The monoisotopic (exact) mass is 420 g/mol. The van der Waals surface area contributed by atoms with Crippen LogP contribution in [0, 0.1) is 17.5 Å². The summed E-state index contributed by atoms with van der Waals surface area (Å²) in [5, 5.41) is -0.401. The Morgan fingerprint density at radius 3 is 2.14 bits per heavy atom. The molecule has 0 aliphatic rings. The van der Waals surface area contributed by atoms with Crippen molar-refractivity contribution in [3.63, 3.8) is 0 Å². The highest BCUT2D eigenvalue weighted by Crippen LogP contribution is 2.39. The molecule has 0 N–H and O–H groups in total. The van der Waals surface area contributed by atoms with E-state index in [-0.39, 0.29) is 29.2 Å². The van der Waals surface area contributed by atoms with Crippen LogP contribution in [-0.2, 0) is 6.18 Å². The predicted molar refractivity (Wildman–Crippen MR) is 85.9 cm³/mol. The molecule has 2 aromatic carbocycles. The number of hydrogen-bond acceptors (Lipinski definition) is 3. The fourth-order valence-corrected chi connectivity index (χ4v) is 2.48.